The van der Waals surface area contributed by atoms with Crippen molar-refractivity contribution in [2.45, 2.75) is 30.4 Å². The van der Waals surface area contributed by atoms with Gasteiger partial charge in [-0.25, -0.2) is 4.39 Å². The number of carbonyl (C=O) groups is 1. The second-order valence-corrected chi connectivity index (χ2v) is 6.43. The van der Waals surface area contributed by atoms with Crippen molar-refractivity contribution in [2.24, 2.45) is 0 Å². The highest BCUT2D eigenvalue weighted by molar-refractivity contribution is 8.00. The summed E-state index contributed by atoms with van der Waals surface area (Å²) >= 11 is 1.13. The molecule has 0 spiro atoms. The Bertz CT molecular complexity index is 698. The summed E-state index contributed by atoms with van der Waals surface area (Å²) in [6.45, 7) is 4.28. The molecule has 1 heterocycles. The van der Waals surface area contributed by atoms with Gasteiger partial charge in [-0.2, -0.15) is 0 Å². The quantitative estimate of drug-likeness (QED) is 0.537. The maximum Gasteiger partial charge on any atom is 0.277 e. The van der Waals surface area contributed by atoms with Gasteiger partial charge >= 0.3 is 0 Å². The second kappa shape index (κ2) is 9.38. The number of amides is 1. The molecule has 25 heavy (non-hydrogen) atoms. The molecule has 1 amide bonds. The van der Waals surface area contributed by atoms with Gasteiger partial charge < -0.3 is 19.2 Å². The molecule has 0 aliphatic rings. The highest BCUT2D eigenvalue weighted by Gasteiger charge is 2.21. The zero-order valence-corrected chi connectivity index (χ0v) is 15.0. The van der Waals surface area contributed by atoms with Crippen molar-refractivity contribution in [3.05, 3.63) is 36.0 Å². The first-order chi connectivity index (χ1) is 12.0. The van der Waals surface area contributed by atoms with E-state index in [4.69, 9.17) is 13.9 Å². The topological polar surface area (TPSA) is 86.5 Å². The predicted molar refractivity (Wildman–Crippen MR) is 89.9 cm³/mol. The van der Waals surface area contributed by atoms with Crippen LogP contribution in [0.3, 0.4) is 0 Å². The molecule has 2 rings (SSSR count). The maximum atomic E-state index is 13.6. The molecule has 0 aliphatic heterocycles. The smallest absolute Gasteiger partial charge is 0.277 e. The van der Waals surface area contributed by atoms with Gasteiger partial charge in [-0.05, 0) is 26.0 Å². The van der Waals surface area contributed by atoms with Crippen LogP contribution in [0.1, 0.15) is 25.8 Å². The van der Waals surface area contributed by atoms with Crippen molar-refractivity contribution in [3.63, 3.8) is 0 Å². The Morgan fingerprint density at radius 1 is 1.36 bits per heavy atom. The first kappa shape index (κ1) is 19.2. The maximum absolute atomic E-state index is 13.6. The van der Waals surface area contributed by atoms with Crippen LogP contribution in [0.4, 0.5) is 4.39 Å². The van der Waals surface area contributed by atoms with E-state index in [-0.39, 0.29) is 22.8 Å². The van der Waals surface area contributed by atoms with Crippen LogP contribution in [-0.2, 0) is 9.53 Å². The third kappa shape index (κ3) is 5.71. The summed E-state index contributed by atoms with van der Waals surface area (Å²) in [5.74, 6) is -0.312. The molecule has 0 saturated heterocycles. The Kier molecular flexibility index (Phi) is 7.20. The third-order valence-corrected chi connectivity index (χ3v) is 4.10. The minimum atomic E-state index is -0.621. The average molecular weight is 369 g/mol. The number of methoxy groups -OCH3 is 1. The number of rotatable bonds is 9. The van der Waals surface area contributed by atoms with E-state index in [0.29, 0.717) is 13.2 Å². The van der Waals surface area contributed by atoms with E-state index in [1.165, 1.54) is 12.1 Å². The van der Waals surface area contributed by atoms with Crippen molar-refractivity contribution in [3.8, 4) is 5.75 Å². The lowest BCUT2D eigenvalue weighted by molar-refractivity contribution is -0.120. The molecule has 0 unspecified atom stereocenters. The summed E-state index contributed by atoms with van der Waals surface area (Å²) in [5, 5.41) is 10.3. The largest absolute Gasteiger partial charge is 0.478 e. The van der Waals surface area contributed by atoms with E-state index in [1.54, 1.807) is 33.1 Å². The van der Waals surface area contributed by atoms with E-state index in [1.807, 2.05) is 0 Å². The van der Waals surface area contributed by atoms with Gasteiger partial charge in [0.15, 0.2) is 17.7 Å². The molecule has 2 aromatic rings. The Labute approximate surface area is 149 Å². The Hall–Kier alpha value is -2.13. The van der Waals surface area contributed by atoms with Crippen molar-refractivity contribution >= 4 is 17.7 Å². The number of nitrogens with one attached hydrogen (secondary N) is 1. The molecule has 136 valence electrons. The van der Waals surface area contributed by atoms with Gasteiger partial charge in [0, 0.05) is 13.7 Å². The van der Waals surface area contributed by atoms with Crippen molar-refractivity contribution in [1.29, 1.82) is 0 Å². The molecular weight excluding hydrogens is 349 g/mol. The first-order valence-corrected chi connectivity index (χ1v) is 8.57. The molecule has 1 aromatic carbocycles. The van der Waals surface area contributed by atoms with Gasteiger partial charge in [0.05, 0.1) is 11.9 Å². The van der Waals surface area contributed by atoms with Crippen LogP contribution in [0.5, 0.6) is 5.75 Å². The van der Waals surface area contributed by atoms with Crippen molar-refractivity contribution < 1.29 is 23.1 Å². The number of aromatic nitrogens is 2. The number of benzene rings is 1. The lowest BCUT2D eigenvalue weighted by atomic mass is 10.3. The molecule has 0 bridgehead atoms. The van der Waals surface area contributed by atoms with E-state index in [2.05, 4.69) is 15.5 Å². The predicted octanol–water partition coefficient (Wildman–Crippen LogP) is 2.59. The molecule has 0 fully saturated rings. The van der Waals surface area contributed by atoms with Gasteiger partial charge in [0.25, 0.3) is 11.1 Å². The normalized spacial score (nSPS) is 13.3. The monoisotopic (exact) mass is 369 g/mol. The number of halogens is 1. The fourth-order valence-corrected chi connectivity index (χ4v) is 2.55. The third-order valence-electron chi connectivity index (χ3n) is 3.16. The number of hydrogen-bond acceptors (Lipinski definition) is 7. The lowest BCUT2D eigenvalue weighted by Gasteiger charge is -2.11. The Morgan fingerprint density at radius 3 is 2.84 bits per heavy atom. The minimum absolute atomic E-state index is 0.105. The van der Waals surface area contributed by atoms with Gasteiger partial charge in [-0.1, -0.05) is 23.9 Å². The molecule has 2 atom stereocenters. The Morgan fingerprint density at radius 2 is 2.12 bits per heavy atom. The van der Waals surface area contributed by atoms with Crippen LogP contribution >= 0.6 is 11.8 Å². The second-order valence-electron chi connectivity index (χ2n) is 5.14. The number of para-hydroxylation sites is 1. The summed E-state index contributed by atoms with van der Waals surface area (Å²) in [7, 11) is 1.56. The molecule has 9 heteroatoms. The number of ether oxygens (including phenoxy) is 2. The molecule has 0 saturated carbocycles. The first-order valence-electron chi connectivity index (χ1n) is 7.69. The van der Waals surface area contributed by atoms with Crippen molar-refractivity contribution in [2.75, 3.05) is 20.3 Å². The van der Waals surface area contributed by atoms with Gasteiger partial charge in [0.1, 0.15) is 0 Å². The van der Waals surface area contributed by atoms with Crippen LogP contribution in [0, 0.1) is 5.82 Å². The van der Waals surface area contributed by atoms with E-state index in [0.717, 1.165) is 11.8 Å². The molecule has 1 aromatic heterocycles. The van der Waals surface area contributed by atoms with Crippen LogP contribution in [0.15, 0.2) is 33.9 Å². The molecule has 7 nitrogen and oxygen atoms in total. The SMILES string of the molecule is COCCNC(=O)[C@@H](C)Sc1nnc([C@H](C)Oc2ccccc2F)o1. The number of hydrogen-bond donors (Lipinski definition) is 1. The zero-order valence-electron chi connectivity index (χ0n) is 14.2. The summed E-state index contributed by atoms with van der Waals surface area (Å²) < 4.78 is 29.5. The highest BCUT2D eigenvalue weighted by atomic mass is 32.2. The number of carbonyl (C=O) groups excluding carboxylic acids is 1. The number of nitrogens with zero attached hydrogens (tertiary/aromatic N) is 2. The van der Waals surface area contributed by atoms with Gasteiger partial charge in [-0.3, -0.25) is 4.79 Å². The Balaban J connectivity index is 1.90. The zero-order chi connectivity index (χ0) is 18.2. The fraction of sp³-hybridized carbons (Fsp3) is 0.438. The molecule has 1 N–H and O–H groups in total. The van der Waals surface area contributed by atoms with Crippen molar-refractivity contribution in [1.82, 2.24) is 15.5 Å². The summed E-state index contributed by atoms with van der Waals surface area (Å²) in [6, 6.07) is 6.07. The van der Waals surface area contributed by atoms with Gasteiger partial charge in [-0.15, -0.1) is 10.2 Å². The molecule has 0 radical (unpaired) electrons. The summed E-state index contributed by atoms with van der Waals surface area (Å²) in [6.07, 6.45) is -0.621. The van der Waals surface area contributed by atoms with Crippen LogP contribution in [0.25, 0.3) is 0 Å². The lowest BCUT2D eigenvalue weighted by Crippen LogP contribution is -2.33. The van der Waals surface area contributed by atoms with Crippen LogP contribution in [-0.4, -0.2) is 41.6 Å². The van der Waals surface area contributed by atoms with E-state index < -0.39 is 17.2 Å². The minimum Gasteiger partial charge on any atom is -0.478 e. The highest BCUT2D eigenvalue weighted by Crippen LogP contribution is 2.27. The standard InChI is InChI=1S/C16H20FN3O4S/c1-10(23-13-7-5-4-6-12(13)17)15-19-20-16(24-15)25-11(2)14(21)18-8-9-22-3/h4-7,10-11H,8-9H2,1-3H3,(H,18,21)/t10-,11+/m0/s1. The molecule has 0 aliphatic carbocycles. The number of thioether (sulfide) groups is 1. The van der Waals surface area contributed by atoms with E-state index in [9.17, 15) is 9.18 Å². The van der Waals surface area contributed by atoms with Gasteiger partial charge in [0.2, 0.25) is 5.91 Å². The van der Waals surface area contributed by atoms with Crippen LogP contribution < -0.4 is 10.1 Å². The summed E-state index contributed by atoms with van der Waals surface area (Å²) in [5.41, 5.74) is 0. The van der Waals surface area contributed by atoms with E-state index >= 15 is 0 Å². The molecular formula is C16H20FN3O4S. The average Bonchev–Trinajstić information content (AvgIpc) is 3.05. The fourth-order valence-electron chi connectivity index (χ4n) is 1.84. The van der Waals surface area contributed by atoms with Crippen LogP contribution in [0.2, 0.25) is 0 Å². The summed E-state index contributed by atoms with van der Waals surface area (Å²) in [4.78, 5) is 11.9.